The van der Waals surface area contributed by atoms with Crippen LogP contribution in [0, 0.1) is 0 Å². The normalized spacial score (nSPS) is 11.5. The van der Waals surface area contributed by atoms with Crippen LogP contribution in [0.3, 0.4) is 0 Å². The lowest BCUT2D eigenvalue weighted by Gasteiger charge is -2.21. The maximum atomic E-state index is 13.4. The van der Waals surface area contributed by atoms with Crippen LogP contribution in [0.4, 0.5) is 5.69 Å². The van der Waals surface area contributed by atoms with Crippen molar-refractivity contribution in [2.24, 2.45) is 0 Å². The minimum absolute atomic E-state index is 0.0274. The Balaban J connectivity index is 1.47. The molecule has 0 spiro atoms. The van der Waals surface area contributed by atoms with Crippen LogP contribution in [-0.2, 0) is 21.4 Å². The lowest BCUT2D eigenvalue weighted by Crippen LogP contribution is -2.28. The predicted molar refractivity (Wildman–Crippen MR) is 137 cm³/mol. The summed E-state index contributed by atoms with van der Waals surface area (Å²) in [5.41, 5.74) is 1.86. The number of anilines is 1. The van der Waals surface area contributed by atoms with E-state index in [1.54, 1.807) is 42.5 Å². The highest BCUT2D eigenvalue weighted by Gasteiger charge is 2.27. The molecule has 5 aromatic rings. The van der Waals surface area contributed by atoms with Crippen LogP contribution in [0.5, 0.6) is 0 Å². The third kappa shape index (κ3) is 4.22. The Hall–Kier alpha value is -4.23. The smallest absolute Gasteiger partial charge is 0.339 e. The second-order valence-electron chi connectivity index (χ2n) is 8.00. The largest absolute Gasteiger partial charge is 0.456 e. The number of carbonyl (C=O) groups excluding carboxylic acids is 1. The summed E-state index contributed by atoms with van der Waals surface area (Å²) in [6.07, 6.45) is 0. The van der Waals surface area contributed by atoms with Gasteiger partial charge in [0.15, 0.2) is 0 Å². The van der Waals surface area contributed by atoms with E-state index in [0.717, 1.165) is 26.0 Å². The average Bonchev–Trinajstić information content (AvgIpc) is 2.91. The van der Waals surface area contributed by atoms with Crippen molar-refractivity contribution in [1.82, 2.24) is 4.98 Å². The first-order valence-corrected chi connectivity index (χ1v) is 12.5. The van der Waals surface area contributed by atoms with Crippen LogP contribution in [-0.4, -0.2) is 26.4 Å². The summed E-state index contributed by atoms with van der Waals surface area (Å²) in [4.78, 5) is 17.7. The maximum absolute atomic E-state index is 13.4. The standard InChI is InChI=1S/C28H22N2O4S/c1-30(20-11-3-2-4-12-20)35(32,33)27-18-10-8-16-24(27)28(31)34-19-26-23-15-6-5-13-21(23)22-14-7-9-17-25(22)29-26/h2-18H,19H2,1H3. The van der Waals surface area contributed by atoms with E-state index in [0.29, 0.717) is 11.4 Å². The average molecular weight is 483 g/mol. The zero-order chi connectivity index (χ0) is 24.4. The van der Waals surface area contributed by atoms with Gasteiger partial charge in [0.2, 0.25) is 0 Å². The molecular weight excluding hydrogens is 460 g/mol. The molecule has 0 N–H and O–H groups in total. The summed E-state index contributed by atoms with van der Waals surface area (Å²) in [6, 6.07) is 30.3. The van der Waals surface area contributed by atoms with Crippen molar-refractivity contribution >= 4 is 43.4 Å². The monoisotopic (exact) mass is 482 g/mol. The molecular formula is C28H22N2O4S. The second-order valence-corrected chi connectivity index (χ2v) is 9.94. The van der Waals surface area contributed by atoms with Crippen LogP contribution >= 0.6 is 0 Å². The van der Waals surface area contributed by atoms with E-state index < -0.39 is 16.0 Å². The predicted octanol–water partition coefficient (Wildman–Crippen LogP) is 5.57. The number of benzene rings is 4. The van der Waals surface area contributed by atoms with Crippen molar-refractivity contribution in [2.45, 2.75) is 11.5 Å². The number of hydrogen-bond acceptors (Lipinski definition) is 5. The molecule has 1 heterocycles. The van der Waals surface area contributed by atoms with Gasteiger partial charge in [-0.25, -0.2) is 18.2 Å². The first kappa shape index (κ1) is 22.6. The fourth-order valence-corrected chi connectivity index (χ4v) is 5.45. The molecule has 0 saturated heterocycles. The third-order valence-electron chi connectivity index (χ3n) is 5.89. The second kappa shape index (κ2) is 9.19. The molecule has 0 aliphatic heterocycles. The number of hydrogen-bond donors (Lipinski definition) is 0. The van der Waals surface area contributed by atoms with Gasteiger partial charge in [-0.3, -0.25) is 4.31 Å². The van der Waals surface area contributed by atoms with Crippen molar-refractivity contribution in [3.8, 4) is 0 Å². The number of para-hydroxylation sites is 2. The molecule has 35 heavy (non-hydrogen) atoms. The van der Waals surface area contributed by atoms with Gasteiger partial charge in [-0.2, -0.15) is 0 Å². The fraction of sp³-hybridized carbons (Fsp3) is 0.0714. The summed E-state index contributed by atoms with van der Waals surface area (Å²) >= 11 is 0. The lowest BCUT2D eigenvalue weighted by atomic mass is 10.0. The molecule has 0 atom stereocenters. The molecule has 0 radical (unpaired) electrons. The quantitative estimate of drug-likeness (QED) is 0.234. The molecule has 0 aliphatic carbocycles. The first-order chi connectivity index (χ1) is 17.0. The van der Waals surface area contributed by atoms with Gasteiger partial charge in [-0.15, -0.1) is 0 Å². The minimum atomic E-state index is -4.00. The summed E-state index contributed by atoms with van der Waals surface area (Å²) in [5, 5.41) is 2.90. The van der Waals surface area contributed by atoms with Gasteiger partial charge in [0.05, 0.1) is 22.5 Å². The molecule has 0 unspecified atom stereocenters. The van der Waals surface area contributed by atoms with Crippen LogP contribution in [0.15, 0.2) is 108 Å². The van der Waals surface area contributed by atoms with Crippen LogP contribution in [0.1, 0.15) is 16.1 Å². The Kier molecular flexibility index (Phi) is 5.93. The summed E-state index contributed by atoms with van der Waals surface area (Å²) in [6.45, 7) is -0.0902. The van der Waals surface area contributed by atoms with Gasteiger partial charge in [-0.05, 0) is 35.7 Å². The zero-order valence-corrected chi connectivity index (χ0v) is 19.8. The Morgan fingerprint density at radius 2 is 1.37 bits per heavy atom. The Labute approximate surface area is 203 Å². The highest BCUT2D eigenvalue weighted by Crippen LogP contribution is 2.28. The van der Waals surface area contributed by atoms with Crippen LogP contribution in [0.2, 0.25) is 0 Å². The van der Waals surface area contributed by atoms with E-state index in [1.165, 1.54) is 19.2 Å². The number of aromatic nitrogens is 1. The van der Waals surface area contributed by atoms with Gasteiger partial charge < -0.3 is 4.74 Å². The van der Waals surface area contributed by atoms with Crippen LogP contribution in [0.25, 0.3) is 21.7 Å². The molecule has 0 fully saturated rings. The lowest BCUT2D eigenvalue weighted by molar-refractivity contribution is 0.0465. The van der Waals surface area contributed by atoms with Crippen molar-refractivity contribution in [1.29, 1.82) is 0 Å². The Morgan fingerprint density at radius 3 is 2.14 bits per heavy atom. The summed E-state index contributed by atoms with van der Waals surface area (Å²) in [5.74, 6) is -0.732. The van der Waals surface area contributed by atoms with E-state index in [2.05, 4.69) is 0 Å². The zero-order valence-electron chi connectivity index (χ0n) is 19.0. The molecule has 0 saturated carbocycles. The summed E-state index contributed by atoms with van der Waals surface area (Å²) in [7, 11) is -2.54. The third-order valence-corrected chi connectivity index (χ3v) is 7.74. The number of esters is 1. The summed E-state index contributed by atoms with van der Waals surface area (Å²) < 4.78 is 33.5. The van der Waals surface area contributed by atoms with Crippen molar-refractivity contribution < 1.29 is 17.9 Å². The highest BCUT2D eigenvalue weighted by molar-refractivity contribution is 7.92. The van der Waals surface area contributed by atoms with Crippen molar-refractivity contribution in [3.63, 3.8) is 0 Å². The van der Waals surface area contributed by atoms with Crippen molar-refractivity contribution in [2.75, 3.05) is 11.4 Å². The number of rotatable bonds is 6. The van der Waals surface area contributed by atoms with Gasteiger partial charge in [0.1, 0.15) is 11.5 Å². The number of sulfonamides is 1. The number of nitrogens with zero attached hydrogens (tertiary/aromatic N) is 2. The van der Waals surface area contributed by atoms with Crippen LogP contribution < -0.4 is 4.31 Å². The topological polar surface area (TPSA) is 76.6 Å². The first-order valence-electron chi connectivity index (χ1n) is 11.0. The van der Waals surface area contributed by atoms with E-state index >= 15 is 0 Å². The Bertz CT molecular complexity index is 1650. The van der Waals surface area contributed by atoms with Crippen molar-refractivity contribution in [3.05, 3.63) is 114 Å². The number of fused-ring (bicyclic) bond motifs is 3. The molecule has 1 aromatic heterocycles. The van der Waals surface area contributed by atoms with E-state index in [9.17, 15) is 13.2 Å². The molecule has 174 valence electrons. The molecule has 7 heteroatoms. The highest BCUT2D eigenvalue weighted by atomic mass is 32.2. The molecule has 6 nitrogen and oxygen atoms in total. The number of pyridine rings is 1. The maximum Gasteiger partial charge on any atom is 0.339 e. The molecule has 5 rings (SSSR count). The minimum Gasteiger partial charge on any atom is -0.456 e. The van der Waals surface area contributed by atoms with E-state index in [-0.39, 0.29) is 17.1 Å². The van der Waals surface area contributed by atoms with Gasteiger partial charge in [0, 0.05) is 17.8 Å². The SMILES string of the molecule is CN(c1ccccc1)S(=O)(=O)c1ccccc1C(=O)OCc1nc2ccccc2c2ccccc12. The molecule has 0 bridgehead atoms. The fourth-order valence-electron chi connectivity index (χ4n) is 4.08. The molecule has 4 aromatic carbocycles. The van der Waals surface area contributed by atoms with Gasteiger partial charge >= 0.3 is 5.97 Å². The van der Waals surface area contributed by atoms with Gasteiger partial charge in [0.25, 0.3) is 10.0 Å². The number of carbonyl (C=O) groups is 1. The van der Waals surface area contributed by atoms with E-state index in [4.69, 9.17) is 9.72 Å². The number of ether oxygens (including phenoxy) is 1. The molecule has 0 aliphatic rings. The van der Waals surface area contributed by atoms with Gasteiger partial charge in [-0.1, -0.05) is 72.8 Å². The van der Waals surface area contributed by atoms with E-state index in [1.807, 2.05) is 48.5 Å². The Morgan fingerprint density at radius 1 is 0.771 bits per heavy atom. The molecule has 0 amide bonds.